The van der Waals surface area contributed by atoms with Crippen molar-refractivity contribution >= 4 is 11.9 Å². The lowest BCUT2D eigenvalue weighted by Crippen LogP contribution is -2.71. The molecule has 0 N–H and O–H groups in total. The van der Waals surface area contributed by atoms with E-state index in [1.54, 1.807) is 30.3 Å². The minimum atomic E-state index is -6.44. The molecule has 0 aliphatic carbocycles. The summed E-state index contributed by atoms with van der Waals surface area (Å²) in [7, 11) is 0. The second-order valence-corrected chi connectivity index (χ2v) is 5.11. The molecule has 146 valence electrons. The third-order valence-corrected chi connectivity index (χ3v) is 3.30. The van der Waals surface area contributed by atoms with Gasteiger partial charge in [-0.15, -0.1) is 0 Å². The second kappa shape index (κ2) is 7.94. The Balaban J connectivity index is 2.59. The van der Waals surface area contributed by atoms with Crippen LogP contribution in [0.4, 0.5) is 26.3 Å². The van der Waals surface area contributed by atoms with Crippen molar-refractivity contribution in [1.29, 1.82) is 0 Å². The minimum absolute atomic E-state index is 0.558. The summed E-state index contributed by atoms with van der Waals surface area (Å²) in [5.41, 5.74) is -5.36. The van der Waals surface area contributed by atoms with Gasteiger partial charge in [0.1, 0.15) is 13.2 Å². The maximum atomic E-state index is 12.4. The zero-order valence-electron chi connectivity index (χ0n) is 13.2. The molecular formula is C15H13F6O5-. The van der Waals surface area contributed by atoms with E-state index in [0.29, 0.717) is 5.56 Å². The number of alkyl halides is 6. The molecule has 0 aliphatic heterocycles. The molecule has 0 radical (unpaired) electrons. The molecule has 0 heterocycles. The predicted molar refractivity (Wildman–Crippen MR) is 71.6 cm³/mol. The van der Waals surface area contributed by atoms with Gasteiger partial charge in [0.25, 0.3) is 0 Å². The first-order valence-corrected chi connectivity index (χ1v) is 7.05. The van der Waals surface area contributed by atoms with Gasteiger partial charge in [-0.3, -0.25) is 9.59 Å². The first kappa shape index (κ1) is 21.7. The van der Waals surface area contributed by atoms with Crippen molar-refractivity contribution in [3.05, 3.63) is 35.9 Å². The summed E-state index contributed by atoms with van der Waals surface area (Å²) < 4.78 is 82.5. The van der Waals surface area contributed by atoms with Crippen molar-refractivity contribution in [3.8, 4) is 0 Å². The molecule has 1 unspecified atom stereocenters. The molecule has 0 saturated heterocycles. The van der Waals surface area contributed by atoms with Crippen LogP contribution in [0, 0.1) is 0 Å². The van der Waals surface area contributed by atoms with Crippen LogP contribution in [0.5, 0.6) is 0 Å². The summed E-state index contributed by atoms with van der Waals surface area (Å²) in [4.78, 5) is 22.8. The zero-order chi connectivity index (χ0) is 20.2. The van der Waals surface area contributed by atoms with Crippen LogP contribution in [0.25, 0.3) is 0 Å². The lowest BCUT2D eigenvalue weighted by Gasteiger charge is -2.40. The average molecular weight is 387 g/mol. The maximum absolute atomic E-state index is 12.4. The van der Waals surface area contributed by atoms with Crippen molar-refractivity contribution in [2.45, 2.75) is 30.8 Å². The molecule has 0 amide bonds. The third-order valence-electron chi connectivity index (χ3n) is 3.30. The maximum Gasteiger partial charge on any atom is 0.399 e. The largest absolute Gasteiger partial charge is 0.828 e. The van der Waals surface area contributed by atoms with E-state index in [1.165, 1.54) is 6.92 Å². The van der Waals surface area contributed by atoms with Gasteiger partial charge in [-0.2, -0.15) is 26.3 Å². The second-order valence-electron chi connectivity index (χ2n) is 5.11. The van der Waals surface area contributed by atoms with E-state index in [-0.39, 0.29) is 0 Å². The number of benzene rings is 1. The molecule has 0 fully saturated rings. The number of ether oxygens (including phenoxy) is 2. The van der Waals surface area contributed by atoms with Crippen LogP contribution in [0.1, 0.15) is 18.4 Å². The Labute approximate surface area is 143 Å². The summed E-state index contributed by atoms with van der Waals surface area (Å²) in [6.45, 7) is -0.491. The van der Waals surface area contributed by atoms with Crippen molar-refractivity contribution in [2.75, 3.05) is 13.2 Å². The molecular weight excluding hydrogens is 374 g/mol. The molecule has 1 aromatic rings. The Hall–Kier alpha value is -2.30. The quantitative estimate of drug-likeness (QED) is 0.425. The van der Waals surface area contributed by atoms with Gasteiger partial charge in [0.15, 0.2) is 5.60 Å². The summed E-state index contributed by atoms with van der Waals surface area (Å²) in [6, 6.07) is 8.18. The Morgan fingerprint density at radius 1 is 0.962 bits per heavy atom. The minimum Gasteiger partial charge on any atom is -0.828 e. The van der Waals surface area contributed by atoms with Crippen LogP contribution >= 0.6 is 0 Å². The zero-order valence-corrected chi connectivity index (χ0v) is 13.2. The van der Waals surface area contributed by atoms with Gasteiger partial charge in [0.05, 0.1) is 5.92 Å². The van der Waals surface area contributed by atoms with Crippen molar-refractivity contribution < 1.29 is 50.5 Å². The third kappa shape index (κ3) is 4.65. The van der Waals surface area contributed by atoms with E-state index in [0.717, 1.165) is 0 Å². The molecule has 0 saturated carbocycles. The van der Waals surface area contributed by atoms with E-state index >= 15 is 0 Å². The van der Waals surface area contributed by atoms with Crippen LogP contribution in [-0.4, -0.2) is 43.1 Å². The van der Waals surface area contributed by atoms with E-state index in [4.69, 9.17) is 0 Å². The molecule has 1 aromatic carbocycles. The fourth-order valence-electron chi connectivity index (χ4n) is 1.77. The van der Waals surface area contributed by atoms with Crippen molar-refractivity contribution in [1.82, 2.24) is 0 Å². The molecule has 0 bridgehead atoms. The summed E-state index contributed by atoms with van der Waals surface area (Å²) in [6.07, 6.45) is -12.9. The van der Waals surface area contributed by atoms with Gasteiger partial charge in [-0.25, -0.2) is 0 Å². The van der Waals surface area contributed by atoms with E-state index in [2.05, 4.69) is 9.47 Å². The molecule has 0 aliphatic rings. The topological polar surface area (TPSA) is 75.7 Å². The number of carbonyl (C=O) groups is 2. The highest BCUT2D eigenvalue weighted by molar-refractivity contribution is 5.81. The highest BCUT2D eigenvalue weighted by Crippen LogP contribution is 2.41. The number of halogens is 6. The van der Waals surface area contributed by atoms with Crippen LogP contribution in [-0.2, 0) is 19.1 Å². The number of hydrogen-bond donors (Lipinski definition) is 0. The highest BCUT2D eigenvalue weighted by Gasteiger charge is 2.68. The first-order valence-electron chi connectivity index (χ1n) is 7.05. The first-order chi connectivity index (χ1) is 11.8. The standard InChI is InChI=1S/C15H13F6O5/c1-9(10-5-3-2-4-6-10)11(22)25-7-8-26-12(23)13(24,14(16,17)18)15(19,20)21/h2-6,9H,7-8H2,1H3/q-1. The molecule has 1 rings (SSSR count). The van der Waals surface area contributed by atoms with Gasteiger partial charge in [0.2, 0.25) is 0 Å². The lowest BCUT2D eigenvalue weighted by molar-refractivity contribution is -0.574. The van der Waals surface area contributed by atoms with Crippen LogP contribution in [0.15, 0.2) is 30.3 Å². The molecule has 0 aromatic heterocycles. The average Bonchev–Trinajstić information content (AvgIpc) is 2.55. The van der Waals surface area contributed by atoms with Crippen molar-refractivity contribution in [2.24, 2.45) is 0 Å². The predicted octanol–water partition coefficient (Wildman–Crippen LogP) is 2.10. The fraction of sp³-hybridized carbons (Fsp3) is 0.467. The normalized spacial score (nSPS) is 13.8. The number of esters is 2. The van der Waals surface area contributed by atoms with Gasteiger partial charge < -0.3 is 14.6 Å². The Morgan fingerprint density at radius 2 is 1.42 bits per heavy atom. The number of hydrogen-bond acceptors (Lipinski definition) is 5. The van der Waals surface area contributed by atoms with E-state index in [9.17, 15) is 41.0 Å². The Morgan fingerprint density at radius 3 is 1.88 bits per heavy atom. The molecule has 11 heteroatoms. The molecule has 26 heavy (non-hydrogen) atoms. The molecule has 0 spiro atoms. The van der Waals surface area contributed by atoms with Crippen molar-refractivity contribution in [3.63, 3.8) is 0 Å². The van der Waals surface area contributed by atoms with Crippen LogP contribution < -0.4 is 5.11 Å². The van der Waals surface area contributed by atoms with Gasteiger partial charge in [0, 0.05) is 0 Å². The Kier molecular flexibility index (Phi) is 6.64. The highest BCUT2D eigenvalue weighted by atomic mass is 19.4. The van der Waals surface area contributed by atoms with Gasteiger partial charge in [-0.1, -0.05) is 30.3 Å². The summed E-state index contributed by atoms with van der Waals surface area (Å²) in [5, 5.41) is 11.0. The van der Waals surface area contributed by atoms with Crippen LogP contribution in [0.2, 0.25) is 0 Å². The van der Waals surface area contributed by atoms with Crippen LogP contribution in [0.3, 0.4) is 0 Å². The van der Waals surface area contributed by atoms with Gasteiger partial charge in [-0.05, 0) is 12.5 Å². The van der Waals surface area contributed by atoms with E-state index in [1.807, 2.05) is 0 Å². The lowest BCUT2D eigenvalue weighted by atomic mass is 10.0. The van der Waals surface area contributed by atoms with E-state index < -0.39 is 49.0 Å². The molecule has 5 nitrogen and oxygen atoms in total. The fourth-order valence-corrected chi connectivity index (χ4v) is 1.77. The summed E-state index contributed by atoms with van der Waals surface area (Å²) >= 11 is 0. The SMILES string of the molecule is CC(C(=O)OCCOC(=O)C([O-])(C(F)(F)F)C(F)(F)F)c1ccccc1. The number of rotatable bonds is 6. The summed E-state index contributed by atoms with van der Waals surface area (Å²) in [5.74, 6) is -4.67. The van der Waals surface area contributed by atoms with Gasteiger partial charge >= 0.3 is 24.3 Å². The Bertz CT molecular complexity index is 612. The smallest absolute Gasteiger partial charge is 0.399 e. The number of carbonyl (C=O) groups excluding carboxylic acids is 2. The molecule has 1 atom stereocenters. The monoisotopic (exact) mass is 387 g/mol.